The lowest BCUT2D eigenvalue weighted by Crippen LogP contribution is -2.28. The largest absolute Gasteiger partial charge is 0.497 e. The SMILES string of the molecule is COc1ccc(Cn2nc(-c3cc(C)ncn3)c3c(NC4CCOCC4)nccc32)cc1. The topological polar surface area (TPSA) is 87.0 Å². The zero-order valence-corrected chi connectivity index (χ0v) is 18.3. The van der Waals surface area contributed by atoms with Crippen LogP contribution in [0.3, 0.4) is 0 Å². The van der Waals surface area contributed by atoms with Crippen LogP contribution in [0.25, 0.3) is 22.3 Å². The van der Waals surface area contributed by atoms with Crippen molar-refractivity contribution in [2.24, 2.45) is 0 Å². The Hall–Kier alpha value is -3.52. The molecule has 0 atom stereocenters. The van der Waals surface area contributed by atoms with E-state index in [0.29, 0.717) is 12.6 Å². The average molecular weight is 431 g/mol. The van der Waals surface area contributed by atoms with Crippen LogP contribution in [0.15, 0.2) is 48.9 Å². The molecule has 0 unspecified atom stereocenters. The van der Waals surface area contributed by atoms with Crippen molar-refractivity contribution >= 4 is 16.7 Å². The maximum Gasteiger partial charge on any atom is 0.137 e. The first-order chi connectivity index (χ1) is 15.7. The van der Waals surface area contributed by atoms with Gasteiger partial charge in [-0.1, -0.05) is 12.1 Å². The van der Waals surface area contributed by atoms with E-state index >= 15 is 0 Å². The van der Waals surface area contributed by atoms with Gasteiger partial charge in [-0.15, -0.1) is 0 Å². The second-order valence-corrected chi connectivity index (χ2v) is 7.98. The lowest BCUT2D eigenvalue weighted by atomic mass is 10.1. The second-order valence-electron chi connectivity index (χ2n) is 7.98. The molecule has 0 spiro atoms. The van der Waals surface area contributed by atoms with Crippen LogP contribution in [0, 0.1) is 6.92 Å². The first kappa shape index (κ1) is 20.4. The number of nitrogens with one attached hydrogen (secondary N) is 1. The third-order valence-electron chi connectivity index (χ3n) is 5.76. The van der Waals surface area contributed by atoms with Crippen LogP contribution in [-0.2, 0) is 11.3 Å². The van der Waals surface area contributed by atoms with Gasteiger partial charge in [0.25, 0.3) is 0 Å². The van der Waals surface area contributed by atoms with E-state index in [0.717, 1.165) is 71.2 Å². The molecule has 0 radical (unpaired) electrons. The van der Waals surface area contributed by atoms with Crippen molar-refractivity contribution in [3.8, 4) is 17.1 Å². The fraction of sp³-hybridized carbons (Fsp3) is 0.333. The molecule has 4 heterocycles. The molecule has 4 aromatic rings. The quantitative estimate of drug-likeness (QED) is 0.497. The van der Waals surface area contributed by atoms with Crippen molar-refractivity contribution in [2.45, 2.75) is 32.4 Å². The number of aromatic nitrogens is 5. The van der Waals surface area contributed by atoms with E-state index in [4.69, 9.17) is 14.6 Å². The fourth-order valence-electron chi connectivity index (χ4n) is 4.06. The fourth-order valence-corrected chi connectivity index (χ4v) is 4.06. The van der Waals surface area contributed by atoms with E-state index in [-0.39, 0.29) is 0 Å². The van der Waals surface area contributed by atoms with Crippen LogP contribution < -0.4 is 10.1 Å². The number of rotatable bonds is 6. The van der Waals surface area contributed by atoms with Gasteiger partial charge in [0.2, 0.25) is 0 Å². The Morgan fingerprint density at radius 1 is 1.09 bits per heavy atom. The standard InChI is InChI=1S/C24H26N6O2/c1-16-13-20(27-15-26-16)23-22-21(7-10-25-24(22)28-18-8-11-32-12-9-18)30(29-23)14-17-3-5-19(31-2)6-4-17/h3-7,10,13,15,18H,8-9,11-12,14H2,1-2H3,(H,25,28). The molecule has 1 aromatic carbocycles. The molecule has 5 rings (SSSR count). The molecule has 1 aliphatic rings. The van der Waals surface area contributed by atoms with Gasteiger partial charge in [-0.05, 0) is 49.6 Å². The third kappa shape index (κ3) is 4.13. The maximum atomic E-state index is 5.52. The number of benzene rings is 1. The number of aryl methyl sites for hydroxylation is 1. The molecule has 8 nitrogen and oxygen atoms in total. The van der Waals surface area contributed by atoms with Gasteiger partial charge in [-0.25, -0.2) is 15.0 Å². The third-order valence-corrected chi connectivity index (χ3v) is 5.76. The predicted molar refractivity (Wildman–Crippen MR) is 123 cm³/mol. The monoisotopic (exact) mass is 430 g/mol. The van der Waals surface area contributed by atoms with Crippen molar-refractivity contribution in [3.63, 3.8) is 0 Å². The molecule has 1 N–H and O–H groups in total. The molecule has 1 saturated heterocycles. The highest BCUT2D eigenvalue weighted by molar-refractivity contribution is 6.00. The number of ether oxygens (including phenoxy) is 2. The minimum Gasteiger partial charge on any atom is -0.497 e. The molecule has 1 fully saturated rings. The summed E-state index contributed by atoms with van der Waals surface area (Å²) in [6, 6.07) is 12.4. The summed E-state index contributed by atoms with van der Waals surface area (Å²) in [4.78, 5) is 13.4. The number of nitrogens with zero attached hydrogens (tertiary/aromatic N) is 5. The van der Waals surface area contributed by atoms with Gasteiger partial charge in [-0.2, -0.15) is 5.10 Å². The summed E-state index contributed by atoms with van der Waals surface area (Å²) in [6.07, 6.45) is 5.34. The summed E-state index contributed by atoms with van der Waals surface area (Å²) in [5.74, 6) is 1.67. The van der Waals surface area contributed by atoms with Crippen molar-refractivity contribution in [2.75, 3.05) is 25.6 Å². The van der Waals surface area contributed by atoms with E-state index < -0.39 is 0 Å². The number of fused-ring (bicyclic) bond motifs is 1. The average Bonchev–Trinajstić information content (AvgIpc) is 3.20. The van der Waals surface area contributed by atoms with Crippen molar-refractivity contribution < 1.29 is 9.47 Å². The summed E-state index contributed by atoms with van der Waals surface area (Å²) in [7, 11) is 1.67. The number of methoxy groups -OCH3 is 1. The Morgan fingerprint density at radius 3 is 2.66 bits per heavy atom. The highest BCUT2D eigenvalue weighted by Gasteiger charge is 2.21. The molecule has 3 aromatic heterocycles. The molecule has 1 aliphatic heterocycles. The number of hydrogen-bond donors (Lipinski definition) is 1. The van der Waals surface area contributed by atoms with Gasteiger partial charge in [0.05, 0.1) is 30.3 Å². The molecule has 0 bridgehead atoms. The van der Waals surface area contributed by atoms with E-state index in [1.165, 1.54) is 0 Å². The zero-order chi connectivity index (χ0) is 21.9. The Morgan fingerprint density at radius 2 is 1.91 bits per heavy atom. The number of anilines is 1. The van der Waals surface area contributed by atoms with E-state index in [1.807, 2.05) is 42.1 Å². The minimum atomic E-state index is 0.326. The molecule has 164 valence electrons. The van der Waals surface area contributed by atoms with Crippen LogP contribution in [0.1, 0.15) is 24.1 Å². The van der Waals surface area contributed by atoms with E-state index in [1.54, 1.807) is 13.4 Å². The summed E-state index contributed by atoms with van der Waals surface area (Å²) >= 11 is 0. The zero-order valence-electron chi connectivity index (χ0n) is 18.3. The highest BCUT2D eigenvalue weighted by atomic mass is 16.5. The van der Waals surface area contributed by atoms with Crippen LogP contribution >= 0.6 is 0 Å². The first-order valence-corrected chi connectivity index (χ1v) is 10.8. The Labute approximate surface area is 186 Å². The molecule has 32 heavy (non-hydrogen) atoms. The first-order valence-electron chi connectivity index (χ1n) is 10.8. The highest BCUT2D eigenvalue weighted by Crippen LogP contribution is 2.33. The molecule has 0 saturated carbocycles. The number of hydrogen-bond acceptors (Lipinski definition) is 7. The van der Waals surface area contributed by atoms with Crippen molar-refractivity contribution in [1.82, 2.24) is 24.7 Å². The lowest BCUT2D eigenvalue weighted by Gasteiger charge is -2.24. The summed E-state index contributed by atoms with van der Waals surface area (Å²) in [5, 5.41) is 9.60. The van der Waals surface area contributed by atoms with Crippen molar-refractivity contribution in [3.05, 3.63) is 60.2 Å². The maximum absolute atomic E-state index is 5.52. The van der Waals surface area contributed by atoms with Gasteiger partial charge >= 0.3 is 0 Å². The Balaban J connectivity index is 1.60. The van der Waals surface area contributed by atoms with Gasteiger partial charge in [0.1, 0.15) is 23.6 Å². The van der Waals surface area contributed by atoms with Gasteiger partial charge in [0, 0.05) is 31.1 Å². The van der Waals surface area contributed by atoms with Gasteiger partial charge < -0.3 is 14.8 Å². The van der Waals surface area contributed by atoms with Crippen LogP contribution in [0.4, 0.5) is 5.82 Å². The van der Waals surface area contributed by atoms with Gasteiger partial charge in [-0.3, -0.25) is 4.68 Å². The van der Waals surface area contributed by atoms with Gasteiger partial charge in [0.15, 0.2) is 0 Å². The van der Waals surface area contributed by atoms with Crippen molar-refractivity contribution in [1.29, 1.82) is 0 Å². The van der Waals surface area contributed by atoms with Crippen LogP contribution in [-0.4, -0.2) is 51.1 Å². The smallest absolute Gasteiger partial charge is 0.137 e. The van der Waals surface area contributed by atoms with E-state index in [9.17, 15) is 0 Å². The Bertz CT molecular complexity index is 1220. The summed E-state index contributed by atoms with van der Waals surface area (Å²) in [6.45, 7) is 4.12. The van der Waals surface area contributed by atoms with E-state index in [2.05, 4.69) is 32.4 Å². The molecular formula is C24H26N6O2. The number of pyridine rings is 1. The summed E-state index contributed by atoms with van der Waals surface area (Å²) < 4.78 is 12.8. The molecule has 8 heteroatoms. The van der Waals surface area contributed by atoms with Crippen LogP contribution in [0.5, 0.6) is 5.75 Å². The lowest BCUT2D eigenvalue weighted by molar-refractivity contribution is 0.0904. The Kier molecular flexibility index (Phi) is 5.68. The molecule has 0 amide bonds. The normalized spacial score (nSPS) is 14.6. The molecule has 0 aliphatic carbocycles. The molecular weight excluding hydrogens is 404 g/mol. The minimum absolute atomic E-state index is 0.326. The van der Waals surface area contributed by atoms with Crippen LogP contribution in [0.2, 0.25) is 0 Å². The summed E-state index contributed by atoms with van der Waals surface area (Å²) in [5.41, 5.74) is 4.64. The predicted octanol–water partition coefficient (Wildman–Crippen LogP) is 3.84. The second kappa shape index (κ2) is 8.92.